The Morgan fingerprint density at radius 3 is 2.11 bits per heavy atom. The lowest BCUT2D eigenvalue weighted by Crippen LogP contribution is -2.33. The van der Waals surface area contributed by atoms with Gasteiger partial charge in [0.25, 0.3) is 5.91 Å². The van der Waals surface area contributed by atoms with Crippen molar-refractivity contribution in [2.24, 2.45) is 0 Å². The Morgan fingerprint density at radius 2 is 1.53 bits per heavy atom. The summed E-state index contributed by atoms with van der Waals surface area (Å²) in [6.07, 6.45) is -2.19. The third-order valence-electron chi connectivity index (χ3n) is 6.81. The highest BCUT2D eigenvalue weighted by Crippen LogP contribution is 2.43. The van der Waals surface area contributed by atoms with E-state index in [1.54, 1.807) is 0 Å². The summed E-state index contributed by atoms with van der Waals surface area (Å²) >= 11 is 12.1. The Balaban J connectivity index is 1.65. The van der Waals surface area contributed by atoms with Crippen molar-refractivity contribution in [1.29, 1.82) is 0 Å². The predicted molar refractivity (Wildman–Crippen MR) is 143 cm³/mol. The summed E-state index contributed by atoms with van der Waals surface area (Å²) in [6.45, 7) is 6.51. The minimum Gasteiger partial charge on any atom is -0.334 e. The van der Waals surface area contributed by atoms with Crippen molar-refractivity contribution < 1.29 is 22.4 Å². The van der Waals surface area contributed by atoms with Crippen LogP contribution in [0.1, 0.15) is 77.7 Å². The van der Waals surface area contributed by atoms with Crippen LogP contribution in [0.15, 0.2) is 54.6 Å². The molecule has 0 spiro atoms. The smallest absolute Gasteiger partial charge is 0.334 e. The number of hydrogen-bond donors (Lipinski definition) is 0. The van der Waals surface area contributed by atoms with Crippen LogP contribution in [0.5, 0.6) is 0 Å². The first-order chi connectivity index (χ1) is 17.7. The van der Waals surface area contributed by atoms with Crippen LogP contribution in [-0.2, 0) is 24.6 Å². The van der Waals surface area contributed by atoms with Gasteiger partial charge in [0.05, 0.1) is 16.1 Å². The van der Waals surface area contributed by atoms with Gasteiger partial charge in [-0.2, -0.15) is 13.2 Å². The van der Waals surface area contributed by atoms with E-state index in [1.807, 2.05) is 42.5 Å². The SMILES string of the molecule is CC(C)(C)c1ccc(CN(CCc2ccc(Cl)c(C3CC3)c2)C(=O)c2cc(C(F)(F)F)cc(Cl)c2F)cc1. The van der Waals surface area contributed by atoms with Crippen molar-refractivity contribution in [2.45, 2.75) is 64.1 Å². The van der Waals surface area contributed by atoms with E-state index in [9.17, 15) is 22.4 Å². The number of benzene rings is 3. The van der Waals surface area contributed by atoms with Crippen molar-refractivity contribution in [1.82, 2.24) is 4.90 Å². The van der Waals surface area contributed by atoms with Crippen LogP contribution >= 0.6 is 23.2 Å². The Labute approximate surface area is 230 Å². The Morgan fingerprint density at radius 1 is 0.895 bits per heavy atom. The summed E-state index contributed by atoms with van der Waals surface area (Å²) in [4.78, 5) is 14.9. The van der Waals surface area contributed by atoms with Gasteiger partial charge in [0.15, 0.2) is 5.82 Å². The molecular weight excluding hydrogens is 537 g/mol. The fourth-order valence-corrected chi connectivity index (χ4v) is 4.87. The van der Waals surface area contributed by atoms with Crippen molar-refractivity contribution in [3.05, 3.63) is 104 Å². The molecule has 202 valence electrons. The van der Waals surface area contributed by atoms with E-state index >= 15 is 0 Å². The number of rotatable bonds is 7. The highest BCUT2D eigenvalue weighted by Gasteiger charge is 2.34. The molecule has 0 heterocycles. The molecule has 0 unspecified atom stereocenters. The average Bonchev–Trinajstić information content (AvgIpc) is 3.68. The predicted octanol–water partition coefficient (Wildman–Crippen LogP) is 9.21. The fourth-order valence-electron chi connectivity index (χ4n) is 4.38. The molecule has 1 amide bonds. The van der Waals surface area contributed by atoms with E-state index in [2.05, 4.69) is 20.8 Å². The molecule has 38 heavy (non-hydrogen) atoms. The van der Waals surface area contributed by atoms with E-state index < -0.39 is 34.1 Å². The Kier molecular flexibility index (Phi) is 8.15. The van der Waals surface area contributed by atoms with Gasteiger partial charge >= 0.3 is 6.18 Å². The van der Waals surface area contributed by atoms with Crippen molar-refractivity contribution in [3.63, 3.8) is 0 Å². The summed E-state index contributed by atoms with van der Waals surface area (Å²) < 4.78 is 55.2. The largest absolute Gasteiger partial charge is 0.416 e. The van der Waals surface area contributed by atoms with Crippen LogP contribution < -0.4 is 0 Å². The summed E-state index contributed by atoms with van der Waals surface area (Å²) in [5.74, 6) is -1.59. The van der Waals surface area contributed by atoms with Crippen LogP contribution in [0.4, 0.5) is 17.6 Å². The van der Waals surface area contributed by atoms with E-state index in [0.29, 0.717) is 29.5 Å². The molecule has 0 atom stereocenters. The Hall–Kier alpha value is -2.57. The highest BCUT2D eigenvalue weighted by atomic mass is 35.5. The molecule has 1 saturated carbocycles. The molecule has 0 radical (unpaired) electrons. The summed E-state index contributed by atoms with van der Waals surface area (Å²) in [5, 5.41) is -0.0479. The number of halogens is 6. The van der Waals surface area contributed by atoms with Crippen LogP contribution in [-0.4, -0.2) is 17.4 Å². The molecule has 8 heteroatoms. The van der Waals surface area contributed by atoms with Crippen LogP contribution in [0, 0.1) is 5.82 Å². The number of nitrogens with zero attached hydrogens (tertiary/aromatic N) is 1. The highest BCUT2D eigenvalue weighted by molar-refractivity contribution is 6.31. The summed E-state index contributed by atoms with van der Waals surface area (Å²) in [7, 11) is 0. The van der Waals surface area contributed by atoms with E-state index in [4.69, 9.17) is 23.2 Å². The molecule has 4 rings (SSSR count). The third-order valence-corrected chi connectivity index (χ3v) is 7.43. The molecule has 1 aliphatic rings. The average molecular weight is 566 g/mol. The van der Waals surface area contributed by atoms with Gasteiger partial charge in [-0.15, -0.1) is 0 Å². The lowest BCUT2D eigenvalue weighted by molar-refractivity contribution is -0.137. The Bertz CT molecular complexity index is 1330. The molecule has 0 bridgehead atoms. The molecule has 1 fully saturated rings. The quantitative estimate of drug-likeness (QED) is 0.261. The number of alkyl halides is 3. The minimum absolute atomic E-state index is 0.0696. The maximum Gasteiger partial charge on any atom is 0.416 e. The minimum atomic E-state index is -4.78. The van der Waals surface area contributed by atoms with Gasteiger partial charge in [0, 0.05) is 18.1 Å². The van der Waals surface area contributed by atoms with Gasteiger partial charge in [0.1, 0.15) is 0 Å². The first-order valence-electron chi connectivity index (χ1n) is 12.5. The second-order valence-corrected chi connectivity index (χ2v) is 11.7. The van der Waals surface area contributed by atoms with Gasteiger partial charge in [-0.05, 0) is 71.0 Å². The molecule has 3 aromatic carbocycles. The third kappa shape index (κ3) is 6.70. The van der Waals surface area contributed by atoms with Gasteiger partial charge in [0.2, 0.25) is 0 Å². The zero-order valence-electron chi connectivity index (χ0n) is 21.4. The number of carbonyl (C=O) groups is 1. The molecule has 0 aromatic heterocycles. The van der Waals surface area contributed by atoms with E-state index in [0.717, 1.165) is 35.1 Å². The number of carbonyl (C=O) groups excluding carboxylic acids is 1. The lowest BCUT2D eigenvalue weighted by atomic mass is 9.87. The number of amides is 1. The topological polar surface area (TPSA) is 20.3 Å². The number of hydrogen-bond acceptors (Lipinski definition) is 1. The van der Waals surface area contributed by atoms with Crippen LogP contribution in [0.25, 0.3) is 0 Å². The van der Waals surface area contributed by atoms with Crippen molar-refractivity contribution >= 4 is 29.1 Å². The van der Waals surface area contributed by atoms with Crippen molar-refractivity contribution in [3.8, 4) is 0 Å². The van der Waals surface area contributed by atoms with Gasteiger partial charge in [-0.25, -0.2) is 4.39 Å². The maximum absolute atomic E-state index is 14.9. The zero-order valence-corrected chi connectivity index (χ0v) is 22.9. The molecule has 2 nitrogen and oxygen atoms in total. The van der Waals surface area contributed by atoms with Gasteiger partial charge < -0.3 is 4.90 Å². The molecular formula is C30H29Cl2F4NO. The van der Waals surface area contributed by atoms with E-state index in [-0.39, 0.29) is 18.5 Å². The first kappa shape index (κ1) is 28.4. The molecule has 0 aliphatic heterocycles. The maximum atomic E-state index is 14.9. The molecule has 0 saturated heterocycles. The van der Waals surface area contributed by atoms with Crippen LogP contribution in [0.2, 0.25) is 10.0 Å². The monoisotopic (exact) mass is 565 g/mol. The standard InChI is InChI=1S/C30H29Cl2F4NO/c1-29(2,3)21-9-4-19(5-10-21)17-37(13-12-18-6-11-25(31)23(14-18)20-7-8-20)28(38)24-15-22(30(34,35)36)16-26(32)27(24)33/h4-6,9-11,14-16,20H,7-8,12-13,17H2,1-3H3. The molecule has 1 aliphatic carbocycles. The fraction of sp³-hybridized carbons (Fsp3) is 0.367. The van der Waals surface area contributed by atoms with Crippen molar-refractivity contribution in [2.75, 3.05) is 6.54 Å². The summed E-state index contributed by atoms with van der Waals surface area (Å²) in [6, 6.07) is 14.4. The second-order valence-electron chi connectivity index (χ2n) is 10.9. The first-order valence-corrected chi connectivity index (χ1v) is 13.2. The summed E-state index contributed by atoms with van der Waals surface area (Å²) in [5.41, 5.74) is 1.94. The molecule has 3 aromatic rings. The zero-order chi connectivity index (χ0) is 27.8. The van der Waals surface area contributed by atoms with Crippen LogP contribution in [0.3, 0.4) is 0 Å². The molecule has 0 N–H and O–H groups in total. The van der Waals surface area contributed by atoms with Gasteiger partial charge in [-0.1, -0.05) is 80.4 Å². The van der Waals surface area contributed by atoms with Gasteiger partial charge in [-0.3, -0.25) is 4.79 Å². The van der Waals surface area contributed by atoms with E-state index in [1.165, 1.54) is 4.90 Å². The normalized spacial score (nSPS) is 14.0. The lowest BCUT2D eigenvalue weighted by Gasteiger charge is -2.25. The second kappa shape index (κ2) is 10.9.